The maximum atomic E-state index is 12.6. The lowest BCUT2D eigenvalue weighted by atomic mass is 9.77. The zero-order valence-corrected chi connectivity index (χ0v) is 22.7. The minimum absolute atomic E-state index is 0.0463. The van der Waals surface area contributed by atoms with Crippen molar-refractivity contribution in [3.05, 3.63) is 65.2 Å². The smallest absolute Gasteiger partial charge is 0.338 e. The van der Waals surface area contributed by atoms with Gasteiger partial charge in [-0.2, -0.15) is 0 Å². The number of para-hydroxylation sites is 1. The molecule has 0 bridgehead atoms. The highest BCUT2D eigenvalue weighted by Crippen LogP contribution is 2.40. The van der Waals surface area contributed by atoms with Crippen molar-refractivity contribution in [2.75, 3.05) is 13.2 Å². The van der Waals surface area contributed by atoms with Crippen LogP contribution < -0.4 is 4.74 Å². The van der Waals surface area contributed by atoms with Crippen molar-refractivity contribution in [1.82, 2.24) is 4.90 Å². The molecule has 0 aliphatic carbocycles. The van der Waals surface area contributed by atoms with Crippen LogP contribution in [0.5, 0.6) is 5.75 Å². The first-order valence-corrected chi connectivity index (χ1v) is 12.7. The molecule has 1 aliphatic heterocycles. The fraction of sp³-hybridized carbons (Fsp3) is 0.567. The van der Waals surface area contributed by atoms with Crippen molar-refractivity contribution in [3.63, 3.8) is 0 Å². The van der Waals surface area contributed by atoms with Gasteiger partial charge >= 0.3 is 5.97 Å². The average Bonchev–Trinajstić information content (AvgIpc) is 2.74. The van der Waals surface area contributed by atoms with Crippen molar-refractivity contribution >= 4 is 5.97 Å². The number of rotatable bonds is 7. The van der Waals surface area contributed by atoms with E-state index in [4.69, 9.17) is 9.47 Å². The number of nitrogens with zero attached hydrogens (tertiary/aromatic N) is 1. The third-order valence-corrected chi connectivity index (χ3v) is 7.03. The molecule has 2 aromatic rings. The molecule has 192 valence electrons. The van der Waals surface area contributed by atoms with E-state index in [1.807, 2.05) is 31.2 Å². The number of carbonyl (C=O) groups is 1. The Balaban J connectivity index is 1.66. The topological polar surface area (TPSA) is 59.0 Å². The van der Waals surface area contributed by atoms with Gasteiger partial charge in [0.2, 0.25) is 0 Å². The summed E-state index contributed by atoms with van der Waals surface area (Å²) in [5.74, 6) is 0.584. The molecule has 1 unspecified atom stereocenters. The van der Waals surface area contributed by atoms with Crippen LogP contribution in [-0.2, 0) is 10.2 Å². The van der Waals surface area contributed by atoms with Gasteiger partial charge in [-0.3, -0.25) is 4.90 Å². The van der Waals surface area contributed by atoms with Crippen LogP contribution in [0.1, 0.15) is 82.8 Å². The summed E-state index contributed by atoms with van der Waals surface area (Å²) in [7, 11) is 0. The van der Waals surface area contributed by atoms with Crippen LogP contribution in [0.3, 0.4) is 0 Å². The quantitative estimate of drug-likeness (QED) is 0.498. The molecule has 1 saturated heterocycles. The van der Waals surface area contributed by atoms with Crippen molar-refractivity contribution in [1.29, 1.82) is 0 Å². The van der Waals surface area contributed by atoms with Gasteiger partial charge in [0, 0.05) is 30.5 Å². The Morgan fingerprint density at radius 1 is 1.03 bits per heavy atom. The Morgan fingerprint density at radius 3 is 2.20 bits per heavy atom. The number of likely N-dealkylation sites (tertiary alicyclic amines) is 1. The number of aliphatic hydroxyl groups is 1. The summed E-state index contributed by atoms with van der Waals surface area (Å²) in [4.78, 5) is 15.0. The lowest BCUT2D eigenvalue weighted by Crippen LogP contribution is -2.64. The van der Waals surface area contributed by atoms with Crippen molar-refractivity contribution < 1.29 is 19.4 Å². The molecule has 1 atom stereocenters. The highest BCUT2D eigenvalue weighted by atomic mass is 16.5. The first-order chi connectivity index (χ1) is 16.2. The van der Waals surface area contributed by atoms with E-state index in [1.165, 1.54) is 0 Å². The zero-order chi connectivity index (χ0) is 26.0. The first kappa shape index (κ1) is 27.2. The summed E-state index contributed by atoms with van der Waals surface area (Å²) < 4.78 is 12.1. The maximum absolute atomic E-state index is 12.6. The molecule has 3 rings (SSSR count). The molecule has 0 saturated carbocycles. The molecule has 1 N–H and O–H groups in total. The normalized spacial score (nSPS) is 19.2. The van der Waals surface area contributed by atoms with E-state index in [0.717, 1.165) is 16.9 Å². The van der Waals surface area contributed by atoms with E-state index in [0.29, 0.717) is 24.9 Å². The summed E-state index contributed by atoms with van der Waals surface area (Å²) in [5.41, 5.74) is 2.23. The molecule has 0 radical (unpaired) electrons. The highest BCUT2D eigenvalue weighted by Gasteiger charge is 2.47. The Bertz CT molecular complexity index is 989. The summed E-state index contributed by atoms with van der Waals surface area (Å²) in [6.07, 6.45) is 0.575. The fourth-order valence-corrected chi connectivity index (χ4v) is 5.48. The van der Waals surface area contributed by atoms with Crippen LogP contribution in [0.2, 0.25) is 0 Å². The maximum Gasteiger partial charge on any atom is 0.338 e. The number of carbonyl (C=O) groups excluding carboxylic acids is 1. The van der Waals surface area contributed by atoms with Gasteiger partial charge < -0.3 is 14.6 Å². The first-order valence-electron chi connectivity index (χ1n) is 12.7. The predicted molar refractivity (Wildman–Crippen MR) is 141 cm³/mol. The van der Waals surface area contributed by atoms with Crippen molar-refractivity contribution in [2.24, 2.45) is 0 Å². The number of ether oxygens (including phenoxy) is 2. The van der Waals surface area contributed by atoms with Crippen LogP contribution >= 0.6 is 0 Å². The molecule has 1 heterocycles. The van der Waals surface area contributed by atoms with E-state index in [1.54, 1.807) is 12.1 Å². The second-order valence-electron chi connectivity index (χ2n) is 12.2. The molecule has 1 fully saturated rings. The second-order valence-corrected chi connectivity index (χ2v) is 12.2. The third kappa shape index (κ3) is 6.65. The molecule has 0 amide bonds. The lowest BCUT2D eigenvalue weighted by Gasteiger charge is -2.55. The van der Waals surface area contributed by atoms with Crippen LogP contribution in [0.25, 0.3) is 0 Å². The monoisotopic (exact) mass is 481 g/mol. The molecular formula is C30H43NO4. The van der Waals surface area contributed by atoms with Gasteiger partial charge in [0.05, 0.1) is 5.56 Å². The van der Waals surface area contributed by atoms with Gasteiger partial charge in [0.1, 0.15) is 24.6 Å². The molecule has 35 heavy (non-hydrogen) atoms. The van der Waals surface area contributed by atoms with Crippen LogP contribution in [-0.4, -0.2) is 52.4 Å². The summed E-state index contributed by atoms with van der Waals surface area (Å²) in [6, 6.07) is 15.3. The number of benzene rings is 2. The summed E-state index contributed by atoms with van der Waals surface area (Å²) >= 11 is 0. The third-order valence-electron chi connectivity index (χ3n) is 7.03. The molecular weight excluding hydrogens is 438 g/mol. The summed E-state index contributed by atoms with van der Waals surface area (Å²) in [6.45, 7) is 17.9. The number of esters is 1. The van der Waals surface area contributed by atoms with E-state index in [2.05, 4.69) is 65.5 Å². The van der Waals surface area contributed by atoms with E-state index in [-0.39, 0.29) is 35.2 Å². The Labute approximate surface area is 211 Å². The largest absolute Gasteiger partial charge is 0.490 e. The number of β-amino-alcohol motifs (C(OH)–C–C–N with tert-alkyl or cyclic N) is 1. The standard InChI is InChI=1S/C30H43NO4/c1-21-13-12-16-25(28(2,3)4)26(21)34-20-23(32)19-31-29(5,6)17-24(18-30(31,7)8)35-27(33)22-14-10-9-11-15-22/h9-16,23-24,32H,17-20H2,1-8H3. The minimum Gasteiger partial charge on any atom is -0.490 e. The Hall–Kier alpha value is -2.37. The van der Waals surface area contributed by atoms with Gasteiger partial charge in [-0.1, -0.05) is 57.2 Å². The molecule has 2 aromatic carbocycles. The second kappa shape index (κ2) is 10.3. The fourth-order valence-electron chi connectivity index (χ4n) is 5.48. The number of aryl methyl sites for hydroxylation is 1. The molecule has 5 nitrogen and oxygen atoms in total. The van der Waals surface area contributed by atoms with E-state index < -0.39 is 6.10 Å². The van der Waals surface area contributed by atoms with Crippen LogP contribution in [0.4, 0.5) is 0 Å². The van der Waals surface area contributed by atoms with Crippen LogP contribution in [0.15, 0.2) is 48.5 Å². The molecule has 1 aliphatic rings. The van der Waals surface area contributed by atoms with E-state index >= 15 is 0 Å². The molecule has 5 heteroatoms. The van der Waals surface area contributed by atoms with Gasteiger partial charge in [0.15, 0.2) is 0 Å². The number of aliphatic hydroxyl groups excluding tert-OH is 1. The van der Waals surface area contributed by atoms with Gasteiger partial charge in [-0.25, -0.2) is 4.79 Å². The SMILES string of the molecule is Cc1cccc(C(C)(C)C)c1OCC(O)CN1C(C)(C)CC(OC(=O)c2ccccc2)CC1(C)C. The van der Waals surface area contributed by atoms with Gasteiger partial charge in [0.25, 0.3) is 0 Å². The predicted octanol–water partition coefficient (Wildman–Crippen LogP) is 5.91. The molecule has 0 spiro atoms. The minimum atomic E-state index is -0.649. The average molecular weight is 482 g/mol. The van der Waals surface area contributed by atoms with Crippen LogP contribution in [0, 0.1) is 6.92 Å². The van der Waals surface area contributed by atoms with Crippen molar-refractivity contribution in [3.8, 4) is 5.75 Å². The lowest BCUT2D eigenvalue weighted by molar-refractivity contribution is -0.104. The number of hydrogen-bond acceptors (Lipinski definition) is 5. The van der Waals surface area contributed by atoms with Gasteiger partial charge in [-0.05, 0) is 63.3 Å². The van der Waals surface area contributed by atoms with E-state index in [9.17, 15) is 9.90 Å². The summed E-state index contributed by atoms with van der Waals surface area (Å²) in [5, 5.41) is 11.0. The van der Waals surface area contributed by atoms with Gasteiger partial charge in [-0.15, -0.1) is 0 Å². The zero-order valence-electron chi connectivity index (χ0n) is 22.7. The number of hydrogen-bond donors (Lipinski definition) is 1. The Morgan fingerprint density at radius 2 is 1.63 bits per heavy atom. The molecule has 0 aromatic heterocycles. The highest BCUT2D eigenvalue weighted by molar-refractivity contribution is 5.89. The van der Waals surface area contributed by atoms with Crippen molar-refractivity contribution in [2.45, 2.75) is 96.9 Å². The Kier molecular flexibility index (Phi) is 8.02. The number of piperidine rings is 1.